The largest absolute Gasteiger partial charge is 0.338 e. The van der Waals surface area contributed by atoms with E-state index in [9.17, 15) is 0 Å². The summed E-state index contributed by atoms with van der Waals surface area (Å²) < 4.78 is 2.01. The summed E-state index contributed by atoms with van der Waals surface area (Å²) in [6, 6.07) is 0. The molecule has 0 N–H and O–H groups in total. The maximum Gasteiger partial charge on any atom is 0.0948 e. The summed E-state index contributed by atoms with van der Waals surface area (Å²) in [5.41, 5.74) is 2.36. The zero-order valence-corrected chi connectivity index (χ0v) is 10.2. The van der Waals surface area contributed by atoms with Gasteiger partial charge in [0.05, 0.1) is 12.0 Å². The number of hydrogen-bond acceptors (Lipinski definition) is 1. The fraction of sp³-hybridized carbons (Fsp3) is 0.727. The molecule has 0 aliphatic heterocycles. The third-order valence-corrected chi connectivity index (χ3v) is 1.48. The van der Waals surface area contributed by atoms with Crippen molar-refractivity contribution in [3.63, 3.8) is 0 Å². The van der Waals surface area contributed by atoms with Gasteiger partial charge in [0, 0.05) is 12.7 Å². The van der Waals surface area contributed by atoms with Gasteiger partial charge in [-0.15, -0.1) is 0 Å². The van der Waals surface area contributed by atoms with Crippen LogP contribution in [-0.4, -0.2) is 9.55 Å². The predicted molar refractivity (Wildman–Crippen MR) is 60.0 cm³/mol. The van der Waals surface area contributed by atoms with Crippen molar-refractivity contribution in [1.29, 1.82) is 0 Å². The molecule has 1 aromatic heterocycles. The molecule has 0 spiro atoms. The SMILES string of the molecule is CC.CCC.Cc1ncn(C)c1C. The summed E-state index contributed by atoms with van der Waals surface area (Å²) in [5.74, 6) is 0. The molecule has 0 fully saturated rings. The predicted octanol–water partition coefficient (Wildman–Crippen LogP) is 3.48. The monoisotopic (exact) mass is 184 g/mol. The fourth-order valence-electron chi connectivity index (χ4n) is 0.608. The van der Waals surface area contributed by atoms with E-state index in [1.165, 1.54) is 12.1 Å². The van der Waals surface area contributed by atoms with Crippen molar-refractivity contribution in [2.45, 2.75) is 48.0 Å². The smallest absolute Gasteiger partial charge is 0.0948 e. The van der Waals surface area contributed by atoms with Crippen LogP contribution in [0.2, 0.25) is 0 Å². The molecule has 2 heteroatoms. The second-order valence-corrected chi connectivity index (χ2v) is 2.73. The van der Waals surface area contributed by atoms with Crippen LogP contribution < -0.4 is 0 Å². The summed E-state index contributed by atoms with van der Waals surface area (Å²) in [4.78, 5) is 4.08. The van der Waals surface area contributed by atoms with E-state index in [-0.39, 0.29) is 0 Å². The Morgan fingerprint density at radius 2 is 1.62 bits per heavy atom. The molecule has 0 unspecified atom stereocenters. The van der Waals surface area contributed by atoms with Gasteiger partial charge in [0.2, 0.25) is 0 Å². The normalized spacial score (nSPS) is 7.92. The van der Waals surface area contributed by atoms with Gasteiger partial charge in [0.15, 0.2) is 0 Å². The zero-order valence-electron chi connectivity index (χ0n) is 10.2. The van der Waals surface area contributed by atoms with Crippen molar-refractivity contribution in [2.24, 2.45) is 7.05 Å². The van der Waals surface area contributed by atoms with Crippen LogP contribution in [0.5, 0.6) is 0 Å². The first kappa shape index (κ1) is 14.7. The molecule has 13 heavy (non-hydrogen) atoms. The van der Waals surface area contributed by atoms with Crippen LogP contribution in [0.15, 0.2) is 6.33 Å². The molecule has 1 heterocycles. The maximum absolute atomic E-state index is 4.08. The van der Waals surface area contributed by atoms with E-state index in [4.69, 9.17) is 0 Å². The van der Waals surface area contributed by atoms with Crippen molar-refractivity contribution >= 4 is 0 Å². The lowest BCUT2D eigenvalue weighted by Gasteiger charge is -1.90. The molecule has 0 amide bonds. The number of aromatic nitrogens is 2. The molecule has 0 saturated carbocycles. The van der Waals surface area contributed by atoms with E-state index in [1.54, 1.807) is 0 Å². The Morgan fingerprint density at radius 3 is 1.69 bits per heavy atom. The Hall–Kier alpha value is -0.790. The number of aryl methyl sites for hydroxylation is 2. The minimum atomic E-state index is 1.12. The molecule has 2 nitrogen and oxygen atoms in total. The van der Waals surface area contributed by atoms with Crippen LogP contribution in [0.3, 0.4) is 0 Å². The molecule has 0 aliphatic carbocycles. The van der Waals surface area contributed by atoms with Crippen molar-refractivity contribution in [1.82, 2.24) is 9.55 Å². The highest BCUT2D eigenvalue weighted by molar-refractivity contribution is 5.07. The summed E-state index contributed by atoms with van der Waals surface area (Å²) in [6.07, 6.45) is 3.07. The van der Waals surface area contributed by atoms with Gasteiger partial charge in [0.1, 0.15) is 0 Å². The lowest BCUT2D eigenvalue weighted by Crippen LogP contribution is -1.87. The second kappa shape index (κ2) is 9.30. The Balaban J connectivity index is 0. The Bertz CT molecular complexity index is 182. The average Bonchev–Trinajstić information content (AvgIpc) is 2.42. The van der Waals surface area contributed by atoms with Gasteiger partial charge in [-0.2, -0.15) is 0 Å². The molecule has 0 aliphatic rings. The molecular formula is C11H24N2. The van der Waals surface area contributed by atoms with Crippen molar-refractivity contribution in [3.05, 3.63) is 17.7 Å². The highest BCUT2D eigenvalue weighted by Crippen LogP contribution is 1.99. The Kier molecular flexibility index (Phi) is 10.5. The molecule has 0 bridgehead atoms. The first-order valence-electron chi connectivity index (χ1n) is 5.08. The van der Waals surface area contributed by atoms with Crippen LogP contribution in [0, 0.1) is 13.8 Å². The zero-order chi connectivity index (χ0) is 10.9. The van der Waals surface area contributed by atoms with Crippen molar-refractivity contribution in [2.75, 3.05) is 0 Å². The van der Waals surface area contributed by atoms with Crippen molar-refractivity contribution < 1.29 is 0 Å². The first-order chi connectivity index (χ1) is 6.13. The van der Waals surface area contributed by atoms with E-state index in [0.29, 0.717) is 0 Å². The molecule has 0 radical (unpaired) electrons. The van der Waals surface area contributed by atoms with Gasteiger partial charge in [-0.1, -0.05) is 34.1 Å². The minimum absolute atomic E-state index is 1.12. The third-order valence-electron chi connectivity index (χ3n) is 1.48. The van der Waals surface area contributed by atoms with Gasteiger partial charge >= 0.3 is 0 Å². The molecule has 0 saturated heterocycles. The van der Waals surface area contributed by atoms with E-state index in [2.05, 4.69) is 25.8 Å². The van der Waals surface area contributed by atoms with Gasteiger partial charge < -0.3 is 4.57 Å². The highest BCUT2D eigenvalue weighted by Gasteiger charge is 1.93. The standard InChI is InChI=1S/C6H10N2.C3H8.C2H6/c1-5-6(2)8(3)4-7-5;1-3-2;1-2/h4H,1-3H3;3H2,1-2H3;1-2H3. The van der Waals surface area contributed by atoms with E-state index < -0.39 is 0 Å². The average molecular weight is 184 g/mol. The van der Waals surface area contributed by atoms with Crippen LogP contribution in [-0.2, 0) is 7.05 Å². The van der Waals surface area contributed by atoms with E-state index >= 15 is 0 Å². The molecule has 0 aromatic carbocycles. The number of hydrogen-bond donors (Lipinski definition) is 0. The van der Waals surface area contributed by atoms with Gasteiger partial charge in [0.25, 0.3) is 0 Å². The van der Waals surface area contributed by atoms with Gasteiger partial charge in [-0.05, 0) is 13.8 Å². The van der Waals surface area contributed by atoms with Crippen LogP contribution in [0.4, 0.5) is 0 Å². The quantitative estimate of drug-likeness (QED) is 0.603. The van der Waals surface area contributed by atoms with Gasteiger partial charge in [-0.3, -0.25) is 0 Å². The van der Waals surface area contributed by atoms with E-state index in [0.717, 1.165) is 5.69 Å². The molecular weight excluding hydrogens is 160 g/mol. The Morgan fingerprint density at radius 1 is 1.23 bits per heavy atom. The fourth-order valence-corrected chi connectivity index (χ4v) is 0.608. The highest BCUT2D eigenvalue weighted by atomic mass is 15.0. The third kappa shape index (κ3) is 6.38. The lowest BCUT2D eigenvalue weighted by molar-refractivity contribution is 0.871. The summed E-state index contributed by atoms with van der Waals surface area (Å²) in [5, 5.41) is 0. The van der Waals surface area contributed by atoms with E-state index in [1.807, 2.05) is 38.7 Å². The summed E-state index contributed by atoms with van der Waals surface area (Å²) in [6.45, 7) is 12.3. The Labute approximate surface area is 83.0 Å². The number of imidazole rings is 1. The number of nitrogens with zero attached hydrogens (tertiary/aromatic N) is 2. The molecule has 1 aromatic rings. The van der Waals surface area contributed by atoms with Crippen molar-refractivity contribution in [3.8, 4) is 0 Å². The topological polar surface area (TPSA) is 17.8 Å². The maximum atomic E-state index is 4.08. The van der Waals surface area contributed by atoms with Crippen LogP contribution in [0.25, 0.3) is 0 Å². The minimum Gasteiger partial charge on any atom is -0.338 e. The lowest BCUT2D eigenvalue weighted by atomic mass is 10.4. The van der Waals surface area contributed by atoms with Crippen LogP contribution >= 0.6 is 0 Å². The first-order valence-corrected chi connectivity index (χ1v) is 5.08. The molecule has 1 rings (SSSR count). The van der Waals surface area contributed by atoms with Gasteiger partial charge in [-0.25, -0.2) is 4.98 Å². The summed E-state index contributed by atoms with van der Waals surface area (Å²) in [7, 11) is 2.00. The van der Waals surface area contributed by atoms with Crippen LogP contribution in [0.1, 0.15) is 45.5 Å². The molecule has 0 atom stereocenters. The molecule has 78 valence electrons. The number of rotatable bonds is 0. The second-order valence-electron chi connectivity index (χ2n) is 2.73. The summed E-state index contributed by atoms with van der Waals surface area (Å²) >= 11 is 0.